The van der Waals surface area contributed by atoms with Gasteiger partial charge in [0, 0.05) is 31.6 Å². The van der Waals surface area contributed by atoms with E-state index in [9.17, 15) is 4.79 Å². The molecule has 1 aromatic heterocycles. The summed E-state index contributed by atoms with van der Waals surface area (Å²) in [5, 5.41) is 0. The first-order chi connectivity index (χ1) is 7.15. The van der Waals surface area contributed by atoms with Gasteiger partial charge in [0.2, 0.25) is 0 Å². The van der Waals surface area contributed by atoms with E-state index in [0.29, 0.717) is 18.6 Å². The highest BCUT2D eigenvalue weighted by Crippen LogP contribution is 2.18. The minimum absolute atomic E-state index is 0.371. The first kappa shape index (κ1) is 10.1. The Hall–Kier alpha value is -1.38. The van der Waals surface area contributed by atoms with E-state index in [-0.39, 0.29) is 0 Å². The van der Waals surface area contributed by atoms with Gasteiger partial charge in [-0.25, -0.2) is 4.98 Å². The molecule has 2 rings (SSSR count). The molecule has 0 spiro atoms. The molecule has 15 heavy (non-hydrogen) atoms. The Balaban J connectivity index is 2.18. The number of nitrogens with zero attached hydrogens (tertiary/aromatic N) is 2. The summed E-state index contributed by atoms with van der Waals surface area (Å²) in [5.74, 6) is 1.38. The zero-order valence-corrected chi connectivity index (χ0v) is 9.29. The maximum absolute atomic E-state index is 11.1. The average Bonchev–Trinajstić information content (AvgIpc) is 2.17. The van der Waals surface area contributed by atoms with E-state index in [4.69, 9.17) is 0 Å². The monoisotopic (exact) mass is 204 g/mol. The molecule has 1 saturated heterocycles. The lowest BCUT2D eigenvalue weighted by Gasteiger charge is -2.27. The summed E-state index contributed by atoms with van der Waals surface area (Å²) in [5.41, 5.74) is 2.27. The van der Waals surface area contributed by atoms with Crippen molar-refractivity contribution < 1.29 is 4.79 Å². The number of piperidine rings is 1. The van der Waals surface area contributed by atoms with Crippen molar-refractivity contribution in [2.45, 2.75) is 26.7 Å². The van der Waals surface area contributed by atoms with Gasteiger partial charge in [0.1, 0.15) is 11.6 Å². The summed E-state index contributed by atoms with van der Waals surface area (Å²) in [6.07, 6.45) is 1.32. The highest BCUT2D eigenvalue weighted by molar-refractivity contribution is 5.80. The van der Waals surface area contributed by atoms with Crippen molar-refractivity contribution in [1.29, 1.82) is 0 Å². The van der Waals surface area contributed by atoms with Crippen molar-refractivity contribution in [2.75, 3.05) is 18.0 Å². The third-order valence-corrected chi connectivity index (χ3v) is 2.73. The predicted molar refractivity (Wildman–Crippen MR) is 60.2 cm³/mol. The van der Waals surface area contributed by atoms with Gasteiger partial charge in [0.25, 0.3) is 0 Å². The Morgan fingerprint density at radius 2 is 1.87 bits per heavy atom. The van der Waals surface area contributed by atoms with Crippen LogP contribution in [0.5, 0.6) is 0 Å². The molecule has 1 fully saturated rings. The molecule has 2 heterocycles. The fourth-order valence-corrected chi connectivity index (χ4v) is 1.97. The van der Waals surface area contributed by atoms with E-state index in [2.05, 4.69) is 28.9 Å². The zero-order valence-electron chi connectivity index (χ0n) is 9.29. The van der Waals surface area contributed by atoms with Crippen LogP contribution in [0.25, 0.3) is 0 Å². The van der Waals surface area contributed by atoms with Crippen LogP contribution in [0.1, 0.15) is 24.1 Å². The third kappa shape index (κ3) is 2.35. The third-order valence-electron chi connectivity index (χ3n) is 2.73. The molecule has 0 unspecified atom stereocenters. The van der Waals surface area contributed by atoms with Crippen molar-refractivity contribution in [3.05, 3.63) is 23.4 Å². The van der Waals surface area contributed by atoms with Crippen molar-refractivity contribution in [3.8, 4) is 0 Å². The first-order valence-corrected chi connectivity index (χ1v) is 5.37. The lowest BCUT2D eigenvalue weighted by molar-refractivity contribution is -0.119. The lowest BCUT2D eigenvalue weighted by atomic mass is 10.1. The number of pyridine rings is 1. The fraction of sp³-hybridized carbons (Fsp3) is 0.500. The minimum Gasteiger partial charge on any atom is -0.356 e. The van der Waals surface area contributed by atoms with Crippen LogP contribution in [-0.4, -0.2) is 23.9 Å². The van der Waals surface area contributed by atoms with Gasteiger partial charge in [-0.05, 0) is 31.5 Å². The van der Waals surface area contributed by atoms with Gasteiger partial charge in [-0.1, -0.05) is 0 Å². The number of ketones is 1. The number of carbonyl (C=O) groups is 1. The van der Waals surface area contributed by atoms with Crippen LogP contribution in [0.15, 0.2) is 12.1 Å². The van der Waals surface area contributed by atoms with Crippen molar-refractivity contribution in [2.24, 2.45) is 0 Å². The van der Waals surface area contributed by atoms with Crippen LogP contribution >= 0.6 is 0 Å². The topological polar surface area (TPSA) is 33.2 Å². The van der Waals surface area contributed by atoms with E-state index in [0.717, 1.165) is 24.6 Å². The molecular weight excluding hydrogens is 188 g/mol. The number of anilines is 1. The summed E-state index contributed by atoms with van der Waals surface area (Å²) in [4.78, 5) is 17.8. The molecule has 3 heteroatoms. The Bertz CT molecular complexity index is 357. The summed E-state index contributed by atoms with van der Waals surface area (Å²) in [6.45, 7) is 5.71. The molecule has 1 aromatic rings. The standard InChI is InChI=1S/C12H16N2O/c1-9-7-10(2)13-12(8-9)14-5-3-11(15)4-6-14/h7-8H,3-6H2,1-2H3. The van der Waals surface area contributed by atoms with Gasteiger partial charge in [-0.15, -0.1) is 0 Å². The minimum atomic E-state index is 0.371. The van der Waals surface area contributed by atoms with Crippen LogP contribution in [0.2, 0.25) is 0 Å². The molecule has 0 bridgehead atoms. The van der Waals surface area contributed by atoms with E-state index in [1.807, 2.05) is 6.92 Å². The average molecular weight is 204 g/mol. The van der Waals surface area contributed by atoms with Gasteiger partial charge in [-0.2, -0.15) is 0 Å². The summed E-state index contributed by atoms with van der Waals surface area (Å²) < 4.78 is 0. The van der Waals surface area contributed by atoms with Gasteiger partial charge in [-0.3, -0.25) is 4.79 Å². The second-order valence-corrected chi connectivity index (χ2v) is 4.17. The molecule has 0 radical (unpaired) electrons. The highest BCUT2D eigenvalue weighted by Gasteiger charge is 2.17. The predicted octanol–water partition coefficient (Wildman–Crippen LogP) is 1.87. The second-order valence-electron chi connectivity index (χ2n) is 4.17. The quantitative estimate of drug-likeness (QED) is 0.700. The number of hydrogen-bond acceptors (Lipinski definition) is 3. The summed E-state index contributed by atoms with van der Waals surface area (Å²) in [7, 11) is 0. The van der Waals surface area contributed by atoms with E-state index in [1.165, 1.54) is 5.56 Å². The van der Waals surface area contributed by atoms with E-state index in [1.54, 1.807) is 0 Å². The Morgan fingerprint density at radius 3 is 2.47 bits per heavy atom. The molecule has 0 amide bonds. The van der Waals surface area contributed by atoms with Crippen molar-refractivity contribution in [3.63, 3.8) is 0 Å². The molecule has 1 aliphatic heterocycles. The number of Topliss-reactive ketones (excluding diaryl/α,β-unsaturated/α-hetero) is 1. The molecular formula is C12H16N2O. The van der Waals surface area contributed by atoms with Crippen molar-refractivity contribution in [1.82, 2.24) is 4.98 Å². The van der Waals surface area contributed by atoms with Crippen LogP contribution in [0, 0.1) is 13.8 Å². The maximum atomic E-state index is 11.1. The lowest BCUT2D eigenvalue weighted by Crippen LogP contribution is -2.34. The molecule has 3 nitrogen and oxygen atoms in total. The molecule has 0 N–H and O–H groups in total. The second kappa shape index (κ2) is 4.01. The zero-order chi connectivity index (χ0) is 10.8. The van der Waals surface area contributed by atoms with Crippen molar-refractivity contribution >= 4 is 11.6 Å². The molecule has 0 aliphatic carbocycles. The highest BCUT2D eigenvalue weighted by atomic mass is 16.1. The molecule has 0 atom stereocenters. The van der Waals surface area contributed by atoms with Crippen LogP contribution in [0.4, 0.5) is 5.82 Å². The Labute approximate surface area is 90.1 Å². The molecule has 0 saturated carbocycles. The largest absolute Gasteiger partial charge is 0.356 e. The summed E-state index contributed by atoms with van der Waals surface area (Å²) >= 11 is 0. The number of carbonyl (C=O) groups excluding carboxylic acids is 1. The molecule has 0 aromatic carbocycles. The number of aromatic nitrogens is 1. The van der Waals surface area contributed by atoms with E-state index < -0.39 is 0 Å². The van der Waals surface area contributed by atoms with Gasteiger partial charge in [0.05, 0.1) is 0 Å². The molecule has 80 valence electrons. The van der Waals surface area contributed by atoms with Gasteiger partial charge >= 0.3 is 0 Å². The van der Waals surface area contributed by atoms with Crippen LogP contribution < -0.4 is 4.90 Å². The smallest absolute Gasteiger partial charge is 0.136 e. The molecule has 1 aliphatic rings. The maximum Gasteiger partial charge on any atom is 0.136 e. The fourth-order valence-electron chi connectivity index (χ4n) is 1.97. The van der Waals surface area contributed by atoms with Crippen LogP contribution in [0.3, 0.4) is 0 Å². The first-order valence-electron chi connectivity index (χ1n) is 5.37. The summed E-state index contributed by atoms with van der Waals surface area (Å²) in [6, 6.07) is 4.15. The van der Waals surface area contributed by atoms with E-state index >= 15 is 0 Å². The normalized spacial score (nSPS) is 16.9. The Morgan fingerprint density at radius 1 is 1.20 bits per heavy atom. The van der Waals surface area contributed by atoms with Gasteiger partial charge < -0.3 is 4.90 Å². The van der Waals surface area contributed by atoms with Gasteiger partial charge in [0.15, 0.2) is 0 Å². The SMILES string of the molecule is Cc1cc(C)nc(N2CCC(=O)CC2)c1. The van der Waals surface area contributed by atoms with Crippen LogP contribution in [-0.2, 0) is 4.79 Å². The number of rotatable bonds is 1. The number of hydrogen-bond donors (Lipinski definition) is 0. The number of aryl methyl sites for hydroxylation is 2. The Kier molecular flexibility index (Phi) is 2.71.